The van der Waals surface area contributed by atoms with E-state index in [1.54, 1.807) is 12.3 Å². The molecule has 0 aliphatic heterocycles. The van der Waals surface area contributed by atoms with Crippen LogP contribution in [0.3, 0.4) is 0 Å². The first-order valence-electron chi connectivity index (χ1n) is 6.33. The van der Waals surface area contributed by atoms with Gasteiger partial charge in [0.15, 0.2) is 0 Å². The second kappa shape index (κ2) is 6.63. The highest BCUT2D eigenvalue weighted by Crippen LogP contribution is 2.18. The summed E-state index contributed by atoms with van der Waals surface area (Å²) in [6.45, 7) is 2.46. The number of halogens is 1. The largest absolute Gasteiger partial charge is 0.330 e. The van der Waals surface area contributed by atoms with E-state index in [1.807, 2.05) is 31.2 Å². The van der Waals surface area contributed by atoms with Crippen LogP contribution < -0.4 is 11.1 Å². The summed E-state index contributed by atoms with van der Waals surface area (Å²) >= 11 is 3.38. The van der Waals surface area contributed by atoms with Crippen molar-refractivity contribution in [3.8, 4) is 0 Å². The molecular weight excluding hydrogens is 318 g/mol. The number of pyridine rings is 1. The summed E-state index contributed by atoms with van der Waals surface area (Å²) in [5.74, 6) is 0.376. The van der Waals surface area contributed by atoms with E-state index in [-0.39, 0.29) is 5.91 Å². The Balaban J connectivity index is 2.21. The third-order valence-corrected chi connectivity index (χ3v) is 3.79. The highest BCUT2D eigenvalue weighted by atomic mass is 79.9. The third-order valence-electron chi connectivity index (χ3n) is 2.96. The fraction of sp³-hybridized carbons (Fsp3) is 0.200. The second-order valence-electron chi connectivity index (χ2n) is 4.47. The molecule has 1 amide bonds. The van der Waals surface area contributed by atoms with Gasteiger partial charge in [0, 0.05) is 16.2 Å². The number of nitrogens with one attached hydrogen (secondary N) is 1. The zero-order chi connectivity index (χ0) is 14.5. The van der Waals surface area contributed by atoms with Crippen molar-refractivity contribution < 1.29 is 4.79 Å². The van der Waals surface area contributed by atoms with Crippen LogP contribution in [0.5, 0.6) is 0 Å². The van der Waals surface area contributed by atoms with Crippen LogP contribution in [-0.4, -0.2) is 17.4 Å². The fourth-order valence-electron chi connectivity index (χ4n) is 1.91. The molecule has 0 fully saturated rings. The van der Waals surface area contributed by atoms with Crippen molar-refractivity contribution >= 4 is 27.7 Å². The van der Waals surface area contributed by atoms with Crippen LogP contribution in [0.2, 0.25) is 0 Å². The Kier molecular flexibility index (Phi) is 4.87. The number of nitrogens with zero attached hydrogens (tertiary/aromatic N) is 1. The molecule has 0 saturated heterocycles. The summed E-state index contributed by atoms with van der Waals surface area (Å²) in [5.41, 5.74) is 8.17. The van der Waals surface area contributed by atoms with Gasteiger partial charge in [-0.3, -0.25) is 4.79 Å². The van der Waals surface area contributed by atoms with E-state index in [9.17, 15) is 4.79 Å². The maximum absolute atomic E-state index is 12.3. The van der Waals surface area contributed by atoms with Crippen LogP contribution in [0.15, 0.2) is 41.0 Å². The van der Waals surface area contributed by atoms with E-state index in [4.69, 9.17) is 5.73 Å². The Bertz CT molecular complexity index is 628. The first kappa shape index (κ1) is 14.7. The lowest BCUT2D eigenvalue weighted by molar-refractivity contribution is 0.102. The lowest BCUT2D eigenvalue weighted by Gasteiger charge is -2.09. The Hall–Kier alpha value is -1.72. The molecule has 4 nitrogen and oxygen atoms in total. The number of aromatic nitrogens is 1. The van der Waals surface area contributed by atoms with E-state index in [0.717, 1.165) is 15.6 Å². The Labute approximate surface area is 126 Å². The maximum atomic E-state index is 12.3. The van der Waals surface area contributed by atoms with Crippen molar-refractivity contribution in [3.05, 3.63) is 57.7 Å². The molecule has 5 heteroatoms. The second-order valence-corrected chi connectivity index (χ2v) is 5.32. The number of aryl methyl sites for hydroxylation is 1. The summed E-state index contributed by atoms with van der Waals surface area (Å²) in [4.78, 5) is 16.5. The molecule has 0 aliphatic rings. The Morgan fingerprint density at radius 2 is 2.15 bits per heavy atom. The summed E-state index contributed by atoms with van der Waals surface area (Å²) in [6, 6.07) is 9.29. The van der Waals surface area contributed by atoms with Crippen molar-refractivity contribution in [2.24, 2.45) is 5.73 Å². The average molecular weight is 334 g/mol. The lowest BCUT2D eigenvalue weighted by atomic mass is 10.0. The molecule has 1 aromatic carbocycles. The SMILES string of the molecule is Cc1cc(NC(=O)c2ccccc2CCN)ncc1Br. The first-order chi connectivity index (χ1) is 9.61. The van der Waals surface area contributed by atoms with Crippen molar-refractivity contribution in [1.82, 2.24) is 4.98 Å². The molecule has 0 unspecified atom stereocenters. The standard InChI is InChI=1S/C15H16BrN3O/c1-10-8-14(18-9-13(10)16)19-15(20)12-5-3-2-4-11(12)6-7-17/h2-5,8-9H,6-7,17H2,1H3,(H,18,19,20). The number of nitrogens with two attached hydrogens (primary N) is 1. The summed E-state index contributed by atoms with van der Waals surface area (Å²) in [7, 11) is 0. The van der Waals surface area contributed by atoms with Crippen molar-refractivity contribution in [2.45, 2.75) is 13.3 Å². The van der Waals surface area contributed by atoms with Gasteiger partial charge in [0.2, 0.25) is 0 Å². The Morgan fingerprint density at radius 3 is 2.85 bits per heavy atom. The third kappa shape index (κ3) is 3.43. The van der Waals surface area contributed by atoms with E-state index in [1.165, 1.54) is 0 Å². The van der Waals surface area contributed by atoms with Crippen molar-refractivity contribution in [2.75, 3.05) is 11.9 Å². The molecule has 0 spiro atoms. The molecule has 3 N–H and O–H groups in total. The van der Waals surface area contributed by atoms with Crippen LogP contribution in [0.25, 0.3) is 0 Å². The number of hydrogen-bond acceptors (Lipinski definition) is 3. The van der Waals surface area contributed by atoms with Crippen LogP contribution in [0, 0.1) is 6.92 Å². The van der Waals surface area contributed by atoms with Crippen LogP contribution in [-0.2, 0) is 6.42 Å². The normalized spacial score (nSPS) is 10.3. The maximum Gasteiger partial charge on any atom is 0.257 e. The highest BCUT2D eigenvalue weighted by Gasteiger charge is 2.11. The van der Waals surface area contributed by atoms with Crippen molar-refractivity contribution in [1.29, 1.82) is 0 Å². The number of hydrogen-bond donors (Lipinski definition) is 2. The number of rotatable bonds is 4. The predicted octanol–water partition coefficient (Wildman–Crippen LogP) is 2.91. The van der Waals surface area contributed by atoms with E-state index >= 15 is 0 Å². The smallest absolute Gasteiger partial charge is 0.257 e. The highest BCUT2D eigenvalue weighted by molar-refractivity contribution is 9.10. The number of carbonyl (C=O) groups is 1. The molecule has 0 atom stereocenters. The number of amides is 1. The zero-order valence-corrected chi connectivity index (χ0v) is 12.8. The topological polar surface area (TPSA) is 68.0 Å². The predicted molar refractivity (Wildman–Crippen MR) is 83.8 cm³/mol. The number of anilines is 1. The van der Waals surface area contributed by atoms with E-state index in [0.29, 0.717) is 24.3 Å². The van der Waals surface area contributed by atoms with Gasteiger partial charge < -0.3 is 11.1 Å². The minimum Gasteiger partial charge on any atom is -0.330 e. The number of benzene rings is 1. The van der Waals surface area contributed by atoms with Gasteiger partial charge in [0.25, 0.3) is 5.91 Å². The molecular formula is C15H16BrN3O. The van der Waals surface area contributed by atoms with Gasteiger partial charge in [-0.05, 0) is 59.1 Å². The molecule has 1 heterocycles. The molecule has 2 aromatic rings. The Morgan fingerprint density at radius 1 is 1.40 bits per heavy atom. The molecule has 0 aliphatic carbocycles. The van der Waals surface area contributed by atoms with Gasteiger partial charge in [0.05, 0.1) is 0 Å². The minimum absolute atomic E-state index is 0.164. The molecule has 0 radical (unpaired) electrons. The van der Waals surface area contributed by atoms with Crippen LogP contribution in [0.1, 0.15) is 21.5 Å². The monoisotopic (exact) mass is 333 g/mol. The fourth-order valence-corrected chi connectivity index (χ4v) is 2.12. The summed E-state index contributed by atoms with van der Waals surface area (Å²) < 4.78 is 0.916. The lowest BCUT2D eigenvalue weighted by Crippen LogP contribution is -2.16. The minimum atomic E-state index is -0.164. The summed E-state index contributed by atoms with van der Waals surface area (Å²) in [5, 5.41) is 2.81. The van der Waals surface area contributed by atoms with E-state index in [2.05, 4.69) is 26.2 Å². The van der Waals surface area contributed by atoms with Crippen LogP contribution in [0.4, 0.5) is 5.82 Å². The molecule has 104 valence electrons. The summed E-state index contributed by atoms with van der Waals surface area (Å²) in [6.07, 6.45) is 2.35. The van der Waals surface area contributed by atoms with Gasteiger partial charge in [-0.2, -0.15) is 0 Å². The van der Waals surface area contributed by atoms with Crippen LogP contribution >= 0.6 is 15.9 Å². The first-order valence-corrected chi connectivity index (χ1v) is 7.12. The molecule has 20 heavy (non-hydrogen) atoms. The molecule has 0 bridgehead atoms. The van der Waals surface area contributed by atoms with Gasteiger partial charge in [-0.15, -0.1) is 0 Å². The van der Waals surface area contributed by atoms with Gasteiger partial charge in [0.1, 0.15) is 5.82 Å². The molecule has 1 aromatic heterocycles. The molecule has 2 rings (SSSR count). The number of carbonyl (C=O) groups excluding carboxylic acids is 1. The van der Waals surface area contributed by atoms with E-state index < -0.39 is 0 Å². The van der Waals surface area contributed by atoms with Gasteiger partial charge >= 0.3 is 0 Å². The quantitative estimate of drug-likeness (QED) is 0.903. The average Bonchev–Trinajstić information content (AvgIpc) is 2.44. The van der Waals surface area contributed by atoms with Crippen molar-refractivity contribution in [3.63, 3.8) is 0 Å². The zero-order valence-electron chi connectivity index (χ0n) is 11.2. The van der Waals surface area contributed by atoms with Gasteiger partial charge in [-0.25, -0.2) is 4.98 Å². The molecule has 0 saturated carbocycles. The van der Waals surface area contributed by atoms with Gasteiger partial charge in [-0.1, -0.05) is 18.2 Å².